The van der Waals surface area contributed by atoms with Crippen LogP contribution in [0.2, 0.25) is 0 Å². The highest BCUT2D eigenvalue weighted by Crippen LogP contribution is 2.49. The summed E-state index contributed by atoms with van der Waals surface area (Å²) in [7, 11) is 0. The van der Waals surface area contributed by atoms with Crippen LogP contribution in [-0.4, -0.2) is 33.9 Å². The molecule has 1 aromatic carbocycles. The van der Waals surface area contributed by atoms with E-state index in [1.54, 1.807) is 0 Å². The summed E-state index contributed by atoms with van der Waals surface area (Å²) in [5.74, 6) is -0.415. The first kappa shape index (κ1) is 25.0. The highest BCUT2D eigenvalue weighted by molar-refractivity contribution is 6.02. The van der Waals surface area contributed by atoms with Gasteiger partial charge < -0.3 is 14.4 Å². The second-order valence-corrected chi connectivity index (χ2v) is 12.1. The molecule has 1 amide bonds. The first-order valence-electron chi connectivity index (χ1n) is 14.1. The largest absolute Gasteiger partial charge is 0.478 e. The van der Waals surface area contributed by atoms with Gasteiger partial charge in [-0.15, -0.1) is 0 Å². The topological polar surface area (TPSA) is 80.6 Å². The molecule has 0 bridgehead atoms. The number of fused-ring (bicyclic) bond motifs is 4. The maximum Gasteiger partial charge on any atom is 0.453 e. The van der Waals surface area contributed by atoms with Gasteiger partial charge in [0.2, 0.25) is 0 Å². The van der Waals surface area contributed by atoms with Crippen molar-refractivity contribution in [1.82, 2.24) is 14.6 Å². The van der Waals surface area contributed by atoms with E-state index < -0.39 is 17.7 Å². The van der Waals surface area contributed by atoms with E-state index in [-0.39, 0.29) is 4.59 Å². The van der Waals surface area contributed by atoms with Gasteiger partial charge in [-0.2, -0.15) is 10.0 Å². The van der Waals surface area contributed by atoms with Crippen LogP contribution in [0.1, 0.15) is 98.0 Å². The number of quaternary nitrogens is 1. The van der Waals surface area contributed by atoms with Gasteiger partial charge in [0.15, 0.2) is 5.69 Å². The molecule has 3 heterocycles. The van der Waals surface area contributed by atoms with Crippen molar-refractivity contribution in [2.75, 3.05) is 6.54 Å². The lowest BCUT2D eigenvalue weighted by atomic mass is 9.79. The van der Waals surface area contributed by atoms with Gasteiger partial charge in [0.25, 0.3) is 0 Å². The van der Waals surface area contributed by atoms with E-state index in [0.717, 1.165) is 47.5 Å². The summed E-state index contributed by atoms with van der Waals surface area (Å²) in [6.07, 6.45) is 16.4. The zero-order chi connectivity index (χ0) is 26.7. The fourth-order valence-electron chi connectivity index (χ4n) is 7.09. The minimum atomic E-state index is -0.905. The average molecular weight is 517 g/mol. The molecule has 2 aliphatic carbocycles. The van der Waals surface area contributed by atoms with Crippen LogP contribution in [-0.2, 0) is 24.1 Å². The summed E-state index contributed by atoms with van der Waals surface area (Å²) in [5, 5.41) is 10.4. The fourth-order valence-corrected chi connectivity index (χ4v) is 7.09. The Balaban J connectivity index is 1.60. The molecule has 2 N–H and O–H groups in total. The zero-order valence-corrected chi connectivity index (χ0v) is 22.7. The molecule has 0 unspecified atom stereocenters. The van der Waals surface area contributed by atoms with E-state index in [2.05, 4.69) is 40.5 Å². The molecule has 0 saturated heterocycles. The molecule has 1 fully saturated rings. The van der Waals surface area contributed by atoms with Crippen molar-refractivity contribution in [3.63, 3.8) is 0 Å². The second-order valence-electron chi connectivity index (χ2n) is 12.1. The summed E-state index contributed by atoms with van der Waals surface area (Å²) < 4.78 is 8.08. The quantitative estimate of drug-likeness (QED) is 0.445. The normalized spacial score (nSPS) is 22.2. The summed E-state index contributed by atoms with van der Waals surface area (Å²) >= 11 is 0. The Hall–Kier alpha value is -3.32. The van der Waals surface area contributed by atoms with Gasteiger partial charge in [-0.05, 0) is 70.1 Å². The monoisotopic (exact) mass is 516 g/mol. The molecule has 1 atom stereocenters. The van der Waals surface area contributed by atoms with Crippen LogP contribution in [0.5, 0.6) is 0 Å². The van der Waals surface area contributed by atoms with Gasteiger partial charge in [0.1, 0.15) is 18.3 Å². The minimum Gasteiger partial charge on any atom is -0.478 e. The molecular formula is C31H38N3O4+. The molecule has 7 heteroatoms. The maximum atomic E-state index is 13.3. The van der Waals surface area contributed by atoms with Gasteiger partial charge in [-0.1, -0.05) is 37.5 Å². The van der Waals surface area contributed by atoms with E-state index in [9.17, 15) is 14.7 Å². The van der Waals surface area contributed by atoms with Crippen LogP contribution >= 0.6 is 0 Å². The Labute approximate surface area is 224 Å². The van der Waals surface area contributed by atoms with Gasteiger partial charge in [-0.25, -0.2) is 9.59 Å². The number of nitrogens with zero attached hydrogens (tertiary/aromatic N) is 2. The molecule has 2 aromatic rings. The van der Waals surface area contributed by atoms with Crippen molar-refractivity contribution >= 4 is 23.8 Å². The molecule has 38 heavy (non-hydrogen) atoms. The van der Waals surface area contributed by atoms with E-state index in [0.29, 0.717) is 24.6 Å². The predicted octanol–water partition coefficient (Wildman–Crippen LogP) is 6.69. The molecule has 4 aliphatic rings. The number of amides is 1. The van der Waals surface area contributed by atoms with E-state index in [4.69, 9.17) is 4.74 Å². The summed E-state index contributed by atoms with van der Waals surface area (Å²) in [6, 6.07) is 4.37. The van der Waals surface area contributed by atoms with Crippen molar-refractivity contribution in [2.45, 2.75) is 90.2 Å². The zero-order valence-electron chi connectivity index (χ0n) is 22.7. The third-order valence-electron chi connectivity index (χ3n) is 8.52. The molecule has 6 rings (SSSR count). The van der Waals surface area contributed by atoms with Crippen LogP contribution in [0, 0.1) is 0 Å². The Morgan fingerprint density at radius 1 is 1.13 bits per heavy atom. The van der Waals surface area contributed by atoms with E-state index in [1.165, 1.54) is 43.2 Å². The standard InChI is InChI=1S/C31H37N3O4/c1-31(2,3)38-30(37)32-34-18-9-13-22-21(20-10-5-4-6-11-20)15-16-24(28(22)34)27-26(29(35)36)23-12-7-8-14-25(23)33(27)17-19-34/h7,9,12,15-16,18,20H,4-6,8,10-11,13-14,17,19H2,1-3H3,(H-,32,35,36,37)/p+1/t34-/m1/s1. The number of aromatic nitrogens is 1. The van der Waals surface area contributed by atoms with Crippen LogP contribution in [0.15, 0.2) is 30.5 Å². The fraction of sp³-hybridized carbons (Fsp3) is 0.484. The summed E-state index contributed by atoms with van der Waals surface area (Å²) in [6.45, 7) is 6.76. The van der Waals surface area contributed by atoms with Crippen molar-refractivity contribution in [3.05, 3.63) is 58.4 Å². The Morgan fingerprint density at radius 2 is 1.92 bits per heavy atom. The number of aromatic carboxylic acids is 1. The molecule has 2 aliphatic heterocycles. The van der Waals surface area contributed by atoms with Crippen LogP contribution < -0.4 is 10.0 Å². The number of hydrogen-bond donors (Lipinski definition) is 2. The van der Waals surface area contributed by atoms with Crippen LogP contribution in [0.25, 0.3) is 17.3 Å². The Morgan fingerprint density at radius 3 is 2.66 bits per heavy atom. The lowest BCUT2D eigenvalue weighted by molar-refractivity contribution is 0.0396. The van der Waals surface area contributed by atoms with Crippen molar-refractivity contribution < 1.29 is 19.4 Å². The minimum absolute atomic E-state index is 0.130. The van der Waals surface area contributed by atoms with Crippen LogP contribution in [0.4, 0.5) is 10.5 Å². The molecule has 7 nitrogen and oxygen atoms in total. The van der Waals surface area contributed by atoms with Crippen LogP contribution in [0.3, 0.4) is 0 Å². The van der Waals surface area contributed by atoms with Gasteiger partial charge in [0.05, 0.1) is 23.4 Å². The van der Waals surface area contributed by atoms with E-state index >= 15 is 0 Å². The maximum absolute atomic E-state index is 13.3. The third-order valence-corrected chi connectivity index (χ3v) is 8.52. The first-order chi connectivity index (χ1) is 18.2. The van der Waals surface area contributed by atoms with Crippen molar-refractivity contribution in [1.29, 1.82) is 0 Å². The molecule has 1 aromatic heterocycles. The van der Waals surface area contributed by atoms with Crippen molar-refractivity contribution in [2.24, 2.45) is 0 Å². The molecule has 0 spiro atoms. The molecule has 200 valence electrons. The summed E-state index contributed by atoms with van der Waals surface area (Å²) in [5.41, 5.74) is 10.1. The Bertz CT molecular complexity index is 1370. The second kappa shape index (κ2) is 9.16. The first-order valence-corrected chi connectivity index (χ1v) is 14.1. The van der Waals surface area contributed by atoms with E-state index in [1.807, 2.05) is 26.8 Å². The molecule has 0 radical (unpaired) electrons. The number of carbonyl (C=O) groups is 2. The Kier molecular flexibility index (Phi) is 6.02. The number of hydrogen-bond acceptors (Lipinski definition) is 3. The SMILES string of the molecule is CC(C)(C)OC(=O)N[N@@+]12C=CCc3c(C4CCCCC4)ccc(c31)-c1c(C(=O)O)c3c(n1CC2)CCC=C3. The average Bonchev–Trinajstić information content (AvgIpc) is 3.13. The predicted molar refractivity (Wildman–Crippen MR) is 149 cm³/mol. The smallest absolute Gasteiger partial charge is 0.453 e. The molecule has 1 saturated carbocycles. The highest BCUT2D eigenvalue weighted by Gasteiger charge is 2.45. The number of nitrogens with one attached hydrogen (secondary N) is 1. The highest BCUT2D eigenvalue weighted by atomic mass is 16.6. The summed E-state index contributed by atoms with van der Waals surface area (Å²) in [4.78, 5) is 26.0. The van der Waals surface area contributed by atoms with Gasteiger partial charge >= 0.3 is 12.1 Å². The van der Waals surface area contributed by atoms with Gasteiger partial charge in [0, 0.05) is 23.2 Å². The number of allylic oxidation sites excluding steroid dienone is 2. The van der Waals surface area contributed by atoms with Gasteiger partial charge in [-0.3, -0.25) is 0 Å². The lowest BCUT2D eigenvalue weighted by Gasteiger charge is -2.38. The third kappa shape index (κ3) is 4.08. The number of benzene rings is 1. The van der Waals surface area contributed by atoms with Crippen molar-refractivity contribution in [3.8, 4) is 11.3 Å². The number of carbonyl (C=O) groups excluding carboxylic acids is 1. The molecular weight excluding hydrogens is 478 g/mol. The lowest BCUT2D eigenvalue weighted by Crippen LogP contribution is -2.60. The number of ether oxygens (including phenoxy) is 1. The number of carboxylic acid groups (broad SMARTS) is 1. The number of carboxylic acids is 1. The number of rotatable bonds is 3.